The lowest BCUT2D eigenvalue weighted by Gasteiger charge is -2.14. The second kappa shape index (κ2) is 9.87. The maximum Gasteiger partial charge on any atom is 0.267 e. The SMILES string of the molecule is C=C(NNC(=O)CSc1nc2sc3c(c2c(=O)n1-c1ccccc1)CCCC3)c1ccccc1. The molecule has 4 aromatic rings. The third-order valence-corrected chi connectivity index (χ3v) is 7.90. The van der Waals surface area contributed by atoms with Crippen LogP contribution in [-0.2, 0) is 17.6 Å². The summed E-state index contributed by atoms with van der Waals surface area (Å²) in [6, 6.07) is 19.1. The number of hydrogen-bond donors (Lipinski definition) is 2. The third-order valence-electron chi connectivity index (χ3n) is 5.78. The van der Waals surface area contributed by atoms with E-state index in [0.717, 1.165) is 52.7 Å². The fraction of sp³-hybridized carbons (Fsp3) is 0.192. The zero-order chi connectivity index (χ0) is 23.5. The van der Waals surface area contributed by atoms with Gasteiger partial charge in [-0.25, -0.2) is 4.98 Å². The van der Waals surface area contributed by atoms with Crippen molar-refractivity contribution in [1.82, 2.24) is 20.4 Å². The Labute approximate surface area is 205 Å². The number of rotatable bonds is 7. The Bertz CT molecular complexity index is 1410. The predicted molar refractivity (Wildman–Crippen MR) is 139 cm³/mol. The van der Waals surface area contributed by atoms with Gasteiger partial charge in [-0.15, -0.1) is 11.3 Å². The first kappa shape index (κ1) is 22.4. The molecular weight excluding hydrogens is 464 g/mol. The second-order valence-electron chi connectivity index (χ2n) is 8.07. The van der Waals surface area contributed by atoms with Crippen molar-refractivity contribution in [1.29, 1.82) is 0 Å². The fourth-order valence-electron chi connectivity index (χ4n) is 4.11. The summed E-state index contributed by atoms with van der Waals surface area (Å²) in [6.45, 7) is 3.96. The van der Waals surface area contributed by atoms with Crippen LogP contribution in [0.2, 0.25) is 0 Å². The number of thioether (sulfide) groups is 1. The summed E-state index contributed by atoms with van der Waals surface area (Å²) in [5, 5.41) is 1.25. The number of benzene rings is 2. The van der Waals surface area contributed by atoms with Crippen molar-refractivity contribution >= 4 is 44.9 Å². The molecule has 0 saturated carbocycles. The van der Waals surface area contributed by atoms with Gasteiger partial charge in [-0.2, -0.15) is 0 Å². The normalized spacial score (nSPS) is 12.8. The fourth-order valence-corrected chi connectivity index (χ4v) is 6.23. The number of carbonyl (C=O) groups is 1. The van der Waals surface area contributed by atoms with Gasteiger partial charge in [0, 0.05) is 4.88 Å². The van der Waals surface area contributed by atoms with Gasteiger partial charge in [-0.05, 0) is 48.9 Å². The summed E-state index contributed by atoms with van der Waals surface area (Å²) in [4.78, 5) is 33.1. The summed E-state index contributed by atoms with van der Waals surface area (Å²) in [6.07, 6.45) is 4.17. The third kappa shape index (κ3) is 4.51. The molecule has 2 aromatic heterocycles. The summed E-state index contributed by atoms with van der Waals surface area (Å²) in [7, 11) is 0. The Morgan fingerprint density at radius 3 is 2.50 bits per heavy atom. The van der Waals surface area contributed by atoms with Crippen LogP contribution < -0.4 is 16.4 Å². The van der Waals surface area contributed by atoms with Crippen LogP contribution in [0.15, 0.2) is 77.2 Å². The van der Waals surface area contributed by atoms with Crippen molar-refractivity contribution in [3.05, 3.63) is 93.6 Å². The summed E-state index contributed by atoms with van der Waals surface area (Å²) in [5.41, 5.74) is 8.88. The first-order valence-corrected chi connectivity index (χ1v) is 13.0. The molecule has 6 nitrogen and oxygen atoms in total. The van der Waals surface area contributed by atoms with Crippen molar-refractivity contribution in [3.63, 3.8) is 0 Å². The van der Waals surface area contributed by atoms with Crippen LogP contribution in [0.4, 0.5) is 0 Å². The van der Waals surface area contributed by atoms with Crippen molar-refractivity contribution in [2.24, 2.45) is 0 Å². The summed E-state index contributed by atoms with van der Waals surface area (Å²) in [5.74, 6) is -0.133. The molecule has 8 heteroatoms. The molecule has 1 aliphatic carbocycles. The molecule has 5 rings (SSSR count). The maximum atomic E-state index is 13.7. The molecule has 0 saturated heterocycles. The first-order valence-electron chi connectivity index (χ1n) is 11.2. The van der Waals surface area contributed by atoms with Gasteiger partial charge in [0.05, 0.1) is 22.5 Å². The topological polar surface area (TPSA) is 76.0 Å². The lowest BCUT2D eigenvalue weighted by molar-refractivity contribution is -0.119. The van der Waals surface area contributed by atoms with Crippen LogP contribution >= 0.6 is 23.1 Å². The number of fused-ring (bicyclic) bond motifs is 3. The number of nitrogens with zero attached hydrogens (tertiary/aromatic N) is 2. The van der Waals surface area contributed by atoms with Crippen molar-refractivity contribution in [2.45, 2.75) is 30.8 Å². The van der Waals surface area contributed by atoms with Gasteiger partial charge >= 0.3 is 0 Å². The van der Waals surface area contributed by atoms with Crippen molar-refractivity contribution < 1.29 is 4.79 Å². The minimum absolute atomic E-state index is 0.0610. The molecule has 2 heterocycles. The molecule has 172 valence electrons. The Hall–Kier alpha value is -3.36. The largest absolute Gasteiger partial charge is 0.299 e. The Balaban J connectivity index is 1.40. The van der Waals surface area contributed by atoms with Crippen LogP contribution in [0, 0.1) is 0 Å². The van der Waals surface area contributed by atoms with E-state index in [-0.39, 0.29) is 17.2 Å². The molecule has 0 radical (unpaired) electrons. The van der Waals surface area contributed by atoms with Gasteiger partial charge < -0.3 is 0 Å². The lowest BCUT2D eigenvalue weighted by atomic mass is 9.97. The van der Waals surface area contributed by atoms with Crippen LogP contribution in [0.3, 0.4) is 0 Å². The molecule has 0 aliphatic heterocycles. The summed E-state index contributed by atoms with van der Waals surface area (Å²) < 4.78 is 1.64. The number of carbonyl (C=O) groups excluding carboxylic acids is 1. The molecule has 2 aromatic carbocycles. The average Bonchev–Trinajstić information content (AvgIpc) is 3.25. The molecule has 0 bridgehead atoms. The number of hydrogen-bond acceptors (Lipinski definition) is 6. The first-order chi connectivity index (χ1) is 16.6. The highest BCUT2D eigenvalue weighted by molar-refractivity contribution is 7.99. The van der Waals surface area contributed by atoms with Gasteiger partial charge in [-0.1, -0.05) is 66.9 Å². The smallest absolute Gasteiger partial charge is 0.267 e. The number of hydrazine groups is 1. The highest BCUT2D eigenvalue weighted by atomic mass is 32.2. The minimum Gasteiger partial charge on any atom is -0.299 e. The zero-order valence-corrected chi connectivity index (χ0v) is 20.2. The molecule has 0 spiro atoms. The molecule has 2 N–H and O–H groups in total. The lowest BCUT2D eigenvalue weighted by Crippen LogP contribution is -2.37. The average molecular weight is 489 g/mol. The number of aromatic nitrogens is 2. The Morgan fingerprint density at radius 1 is 1.03 bits per heavy atom. The summed E-state index contributed by atoms with van der Waals surface area (Å²) >= 11 is 2.86. The van der Waals surface area contributed by atoms with Crippen LogP contribution in [0.5, 0.6) is 0 Å². The maximum absolute atomic E-state index is 13.7. The van der Waals surface area contributed by atoms with E-state index in [1.165, 1.54) is 16.6 Å². The van der Waals surface area contributed by atoms with Gasteiger partial charge in [0.25, 0.3) is 5.56 Å². The molecule has 1 aliphatic rings. The van der Waals surface area contributed by atoms with Crippen molar-refractivity contribution in [3.8, 4) is 5.69 Å². The molecule has 34 heavy (non-hydrogen) atoms. The Kier molecular flexibility index (Phi) is 6.51. The number of para-hydroxylation sites is 1. The minimum atomic E-state index is -0.235. The molecule has 0 unspecified atom stereocenters. The van der Waals surface area contributed by atoms with E-state index in [1.54, 1.807) is 15.9 Å². The van der Waals surface area contributed by atoms with Crippen LogP contribution in [-0.4, -0.2) is 21.2 Å². The molecule has 1 amide bonds. The quantitative estimate of drug-likeness (QED) is 0.224. The van der Waals surface area contributed by atoms with Gasteiger partial charge in [0.2, 0.25) is 5.91 Å². The highest BCUT2D eigenvalue weighted by Gasteiger charge is 2.23. The number of nitrogens with one attached hydrogen (secondary N) is 2. The number of amides is 1. The number of thiophene rings is 1. The monoisotopic (exact) mass is 488 g/mol. The van der Waals surface area contributed by atoms with Gasteiger partial charge in [-0.3, -0.25) is 25.0 Å². The molecule has 0 fully saturated rings. The standard InChI is InChI=1S/C26H24N4O2S2/c1-17(18-10-4-2-5-11-18)28-29-22(31)16-33-26-27-24-23(20-14-8-9-15-21(20)34-24)25(32)30(26)19-12-6-3-7-13-19/h2-7,10-13,28H,1,8-9,14-16H2,(H,29,31). The van der Waals surface area contributed by atoms with Crippen LogP contribution in [0.1, 0.15) is 28.8 Å². The van der Waals surface area contributed by atoms with Gasteiger partial charge in [0.1, 0.15) is 4.83 Å². The highest BCUT2D eigenvalue weighted by Crippen LogP contribution is 2.35. The second-order valence-corrected chi connectivity index (χ2v) is 10.1. The zero-order valence-electron chi connectivity index (χ0n) is 18.5. The molecule has 0 atom stereocenters. The Morgan fingerprint density at radius 2 is 1.74 bits per heavy atom. The van der Waals surface area contributed by atoms with E-state index >= 15 is 0 Å². The van der Waals surface area contributed by atoms with E-state index in [0.29, 0.717) is 10.9 Å². The van der Waals surface area contributed by atoms with E-state index in [9.17, 15) is 9.59 Å². The van der Waals surface area contributed by atoms with E-state index in [2.05, 4.69) is 17.4 Å². The van der Waals surface area contributed by atoms with E-state index < -0.39 is 0 Å². The van der Waals surface area contributed by atoms with E-state index in [1.807, 2.05) is 60.7 Å². The van der Waals surface area contributed by atoms with E-state index in [4.69, 9.17) is 4.98 Å². The molecular formula is C26H24N4O2S2. The van der Waals surface area contributed by atoms with Crippen molar-refractivity contribution in [2.75, 3.05) is 5.75 Å². The predicted octanol–water partition coefficient (Wildman–Crippen LogP) is 4.71. The number of aryl methyl sites for hydroxylation is 2. The van der Waals surface area contributed by atoms with Gasteiger partial charge in [0.15, 0.2) is 5.16 Å². The van der Waals surface area contributed by atoms with Crippen LogP contribution in [0.25, 0.3) is 21.6 Å².